The summed E-state index contributed by atoms with van der Waals surface area (Å²) >= 11 is 0. The summed E-state index contributed by atoms with van der Waals surface area (Å²) in [5.74, 6) is 0. The highest BCUT2D eigenvalue weighted by Gasteiger charge is 2.26. The first-order chi connectivity index (χ1) is 7.62. The molecule has 0 aliphatic rings. The first kappa shape index (κ1) is 17.7. The zero-order chi connectivity index (χ0) is 14.8. The Hall–Kier alpha value is -0.260. The van der Waals surface area contributed by atoms with Gasteiger partial charge in [0, 0.05) is 0 Å². The van der Waals surface area contributed by atoms with Gasteiger partial charge in [0.25, 0.3) is 0 Å². The molecule has 0 heterocycles. The Kier molecular flexibility index (Phi) is 5.31. The van der Waals surface area contributed by atoms with Gasteiger partial charge < -0.3 is 0 Å². The molecule has 0 aromatic rings. The Bertz CT molecular complexity index is 246. The summed E-state index contributed by atoms with van der Waals surface area (Å²) in [5.41, 5.74) is 1.35. The molecule has 0 aliphatic heterocycles. The number of hydrogen-bond donors (Lipinski definition) is 0. The minimum atomic E-state index is 0.285. The van der Waals surface area contributed by atoms with Gasteiger partial charge in [-0.15, -0.1) is 0 Å². The molecule has 0 saturated heterocycles. The maximum Gasteiger partial charge on any atom is -0.0170 e. The monoisotopic (exact) mass is 252 g/mol. The van der Waals surface area contributed by atoms with Crippen LogP contribution in [0.2, 0.25) is 0 Å². The molecule has 0 N–H and O–H groups in total. The quantitative estimate of drug-likeness (QED) is 0.503. The van der Waals surface area contributed by atoms with Gasteiger partial charge in [-0.25, -0.2) is 0 Å². The number of hydrogen-bond acceptors (Lipinski definition) is 0. The van der Waals surface area contributed by atoms with Gasteiger partial charge in [-0.1, -0.05) is 81.4 Å². The first-order valence-corrected chi connectivity index (χ1v) is 7.32. The molecule has 0 bridgehead atoms. The summed E-state index contributed by atoms with van der Waals surface area (Å²) < 4.78 is 0. The molecular formula is C18H36. The topological polar surface area (TPSA) is 0 Å². The van der Waals surface area contributed by atoms with Gasteiger partial charge in [-0.3, -0.25) is 0 Å². The average Bonchev–Trinajstić information content (AvgIpc) is 1.91. The summed E-state index contributed by atoms with van der Waals surface area (Å²) in [5, 5.41) is 0. The van der Waals surface area contributed by atoms with E-state index in [1.807, 2.05) is 0 Å². The van der Waals surface area contributed by atoms with Crippen molar-refractivity contribution in [2.75, 3.05) is 0 Å². The zero-order valence-electron chi connectivity index (χ0n) is 14.6. The van der Waals surface area contributed by atoms with Crippen LogP contribution in [0.4, 0.5) is 0 Å². The second-order valence-corrected chi connectivity index (χ2v) is 9.79. The van der Waals surface area contributed by atoms with Crippen LogP contribution in [-0.4, -0.2) is 0 Å². The van der Waals surface area contributed by atoms with Crippen LogP contribution >= 0.6 is 0 Å². The van der Waals surface area contributed by atoms with Crippen LogP contribution in [0.5, 0.6) is 0 Å². The van der Waals surface area contributed by atoms with E-state index >= 15 is 0 Å². The van der Waals surface area contributed by atoms with Gasteiger partial charge in [0.1, 0.15) is 0 Å². The Labute approximate surface area is 116 Å². The maximum absolute atomic E-state index is 2.43. The second kappa shape index (κ2) is 5.39. The fourth-order valence-electron chi connectivity index (χ4n) is 3.30. The van der Waals surface area contributed by atoms with Gasteiger partial charge >= 0.3 is 0 Å². The largest absolute Gasteiger partial charge is 0.0823 e. The van der Waals surface area contributed by atoms with E-state index in [2.05, 4.69) is 81.4 Å². The van der Waals surface area contributed by atoms with Gasteiger partial charge in [0.15, 0.2) is 0 Å². The fraction of sp³-hybridized carbons (Fsp3) is 0.889. The predicted octanol–water partition coefficient (Wildman–Crippen LogP) is 6.47. The van der Waals surface area contributed by atoms with Crippen molar-refractivity contribution in [2.45, 2.75) is 82.1 Å². The van der Waals surface area contributed by atoms with E-state index in [1.165, 1.54) is 12.8 Å². The molecule has 0 aromatic heterocycles. The summed E-state index contributed by atoms with van der Waals surface area (Å²) in [6, 6.07) is 0. The minimum absolute atomic E-state index is 0.285. The van der Waals surface area contributed by atoms with E-state index in [-0.39, 0.29) is 10.8 Å². The molecule has 0 radical (unpaired) electrons. The lowest BCUT2D eigenvalue weighted by molar-refractivity contribution is 0.246. The predicted molar refractivity (Wildman–Crippen MR) is 84.8 cm³/mol. The molecule has 18 heavy (non-hydrogen) atoms. The second-order valence-electron chi connectivity index (χ2n) is 9.79. The van der Waals surface area contributed by atoms with E-state index in [0.717, 1.165) is 0 Å². The van der Waals surface area contributed by atoms with Crippen LogP contribution in [0.15, 0.2) is 12.2 Å². The molecule has 0 amide bonds. The molecule has 0 aromatic carbocycles. The number of rotatable bonds is 4. The van der Waals surface area contributed by atoms with Crippen molar-refractivity contribution in [1.29, 1.82) is 0 Å². The van der Waals surface area contributed by atoms with Crippen molar-refractivity contribution < 1.29 is 0 Å². The molecule has 108 valence electrons. The molecule has 0 heteroatoms. The summed E-state index contributed by atoms with van der Waals surface area (Å²) in [7, 11) is 0. The summed E-state index contributed by atoms with van der Waals surface area (Å²) in [4.78, 5) is 0. The maximum atomic E-state index is 2.43. The van der Waals surface area contributed by atoms with E-state index in [0.29, 0.717) is 10.8 Å². The molecule has 0 aliphatic carbocycles. The third kappa shape index (κ3) is 9.74. The fourth-order valence-corrected chi connectivity index (χ4v) is 3.30. The Balaban J connectivity index is 4.71. The molecule has 0 atom stereocenters. The van der Waals surface area contributed by atoms with Crippen LogP contribution in [0.25, 0.3) is 0 Å². The minimum Gasteiger partial charge on any atom is -0.0823 e. The normalized spacial score (nSPS) is 15.4. The van der Waals surface area contributed by atoms with Gasteiger partial charge in [0.05, 0.1) is 0 Å². The molecule has 0 unspecified atom stereocenters. The van der Waals surface area contributed by atoms with Gasteiger partial charge in [0.2, 0.25) is 0 Å². The smallest absolute Gasteiger partial charge is 0.0170 e. The van der Waals surface area contributed by atoms with E-state index in [1.54, 1.807) is 0 Å². The Morgan fingerprint density at radius 3 is 0.889 bits per heavy atom. The third-order valence-electron chi connectivity index (χ3n) is 2.96. The SMILES string of the molecule is CC(C)(C)CC(C)(C)C=CC(C)(C)CC(C)(C)C. The van der Waals surface area contributed by atoms with E-state index < -0.39 is 0 Å². The molecular weight excluding hydrogens is 216 g/mol. The highest BCUT2D eigenvalue weighted by Crippen LogP contribution is 2.38. The van der Waals surface area contributed by atoms with Crippen LogP contribution in [0, 0.1) is 21.7 Å². The molecule has 0 rings (SSSR count). The summed E-state index contributed by atoms with van der Waals surface area (Å²) in [6.07, 6.45) is 7.32. The van der Waals surface area contributed by atoms with Crippen molar-refractivity contribution in [3.05, 3.63) is 12.2 Å². The molecule has 0 spiro atoms. The van der Waals surface area contributed by atoms with Crippen molar-refractivity contribution in [3.63, 3.8) is 0 Å². The van der Waals surface area contributed by atoms with Crippen molar-refractivity contribution >= 4 is 0 Å². The Morgan fingerprint density at radius 2 is 0.722 bits per heavy atom. The van der Waals surface area contributed by atoms with E-state index in [9.17, 15) is 0 Å². The average molecular weight is 252 g/mol. The lowest BCUT2D eigenvalue weighted by Gasteiger charge is -2.33. The van der Waals surface area contributed by atoms with Crippen LogP contribution in [0.3, 0.4) is 0 Å². The standard InChI is InChI=1S/C18H36/c1-15(2,3)13-17(7,8)11-12-18(9,10)14-16(4,5)6/h11-12H,13-14H2,1-10H3. The molecule has 0 saturated carbocycles. The van der Waals surface area contributed by atoms with Crippen LogP contribution in [0.1, 0.15) is 82.1 Å². The van der Waals surface area contributed by atoms with Gasteiger partial charge in [-0.05, 0) is 34.5 Å². The van der Waals surface area contributed by atoms with Crippen molar-refractivity contribution in [3.8, 4) is 0 Å². The van der Waals surface area contributed by atoms with Crippen LogP contribution < -0.4 is 0 Å². The Morgan fingerprint density at radius 1 is 0.500 bits per heavy atom. The zero-order valence-corrected chi connectivity index (χ0v) is 14.6. The van der Waals surface area contributed by atoms with E-state index in [4.69, 9.17) is 0 Å². The highest BCUT2D eigenvalue weighted by molar-refractivity contribution is 5.03. The first-order valence-electron chi connectivity index (χ1n) is 7.32. The lowest BCUT2D eigenvalue weighted by Crippen LogP contribution is -2.21. The molecule has 0 fully saturated rings. The van der Waals surface area contributed by atoms with Crippen molar-refractivity contribution in [1.82, 2.24) is 0 Å². The lowest BCUT2D eigenvalue weighted by atomic mass is 9.72. The summed E-state index contributed by atoms with van der Waals surface area (Å²) in [6.45, 7) is 23.3. The van der Waals surface area contributed by atoms with Gasteiger partial charge in [-0.2, -0.15) is 0 Å². The van der Waals surface area contributed by atoms with Crippen molar-refractivity contribution in [2.24, 2.45) is 21.7 Å². The number of allylic oxidation sites excluding steroid dienone is 2. The van der Waals surface area contributed by atoms with Crippen LogP contribution in [-0.2, 0) is 0 Å². The molecule has 0 nitrogen and oxygen atoms in total. The third-order valence-corrected chi connectivity index (χ3v) is 2.96. The highest BCUT2D eigenvalue weighted by atomic mass is 14.3.